The fraction of sp³-hybridized carbons (Fsp3) is 0.444. The number of hydrogen-bond donors (Lipinski definition) is 0. The van der Waals surface area contributed by atoms with Crippen LogP contribution >= 0.6 is 0 Å². The van der Waals surface area contributed by atoms with E-state index in [0.29, 0.717) is 0 Å². The van der Waals surface area contributed by atoms with Crippen LogP contribution in [0.5, 0.6) is 0 Å². The van der Waals surface area contributed by atoms with E-state index in [2.05, 4.69) is 0 Å². The number of allylic oxidation sites excluding steroid dienone is 1. The molecule has 0 spiro atoms. The van der Waals surface area contributed by atoms with Crippen LogP contribution in [0.25, 0.3) is 0 Å². The van der Waals surface area contributed by atoms with Crippen molar-refractivity contribution in [3.05, 3.63) is 47.5 Å². The molecule has 0 saturated heterocycles. The van der Waals surface area contributed by atoms with Crippen LogP contribution in [0.3, 0.4) is 0 Å². The highest BCUT2D eigenvalue weighted by atomic mass is 19.4. The quantitative estimate of drug-likeness (QED) is 0.458. The molecule has 0 amide bonds. The standard InChI is InChI=1S/C18H19F3O3/c1-2-3-16(22)24-15-10-8-13(9-11-15)12-4-6-14(7-5-12)17(23)18(19,20)21/h2-7,13,15H,8-11H2,1H3. The van der Waals surface area contributed by atoms with Crippen LogP contribution in [0.2, 0.25) is 0 Å². The lowest BCUT2D eigenvalue weighted by Gasteiger charge is -2.28. The van der Waals surface area contributed by atoms with E-state index in [1.807, 2.05) is 0 Å². The zero-order valence-electron chi connectivity index (χ0n) is 13.3. The lowest BCUT2D eigenvalue weighted by Crippen LogP contribution is -2.24. The van der Waals surface area contributed by atoms with E-state index in [9.17, 15) is 22.8 Å². The molecule has 1 aromatic carbocycles. The molecule has 0 bridgehead atoms. The SMILES string of the molecule is CC=CC(=O)OC1CCC(c2ccc(C(=O)C(F)(F)F)cc2)CC1. The van der Waals surface area contributed by atoms with Crippen LogP contribution in [0, 0.1) is 0 Å². The zero-order valence-corrected chi connectivity index (χ0v) is 13.3. The lowest BCUT2D eigenvalue weighted by atomic mass is 9.82. The van der Waals surface area contributed by atoms with Crippen LogP contribution < -0.4 is 0 Å². The van der Waals surface area contributed by atoms with E-state index < -0.39 is 12.0 Å². The summed E-state index contributed by atoms with van der Waals surface area (Å²) in [6, 6.07) is 5.61. The van der Waals surface area contributed by atoms with Gasteiger partial charge < -0.3 is 4.74 Å². The van der Waals surface area contributed by atoms with Gasteiger partial charge in [0.05, 0.1) is 0 Å². The maximum Gasteiger partial charge on any atom is 0.454 e. The third kappa shape index (κ3) is 4.69. The Morgan fingerprint density at radius 1 is 1.08 bits per heavy atom. The highest BCUT2D eigenvalue weighted by Crippen LogP contribution is 2.34. The summed E-state index contributed by atoms with van der Waals surface area (Å²) in [7, 11) is 0. The second-order valence-corrected chi connectivity index (χ2v) is 5.86. The summed E-state index contributed by atoms with van der Waals surface area (Å²) in [5.41, 5.74) is 0.562. The monoisotopic (exact) mass is 340 g/mol. The molecule has 0 heterocycles. The van der Waals surface area contributed by atoms with Crippen LogP contribution in [-0.4, -0.2) is 24.0 Å². The van der Waals surface area contributed by atoms with Gasteiger partial charge in [-0.05, 0) is 44.1 Å². The van der Waals surface area contributed by atoms with E-state index in [0.717, 1.165) is 31.2 Å². The largest absolute Gasteiger partial charge is 0.459 e. The van der Waals surface area contributed by atoms with Crippen LogP contribution in [0.1, 0.15) is 54.4 Å². The summed E-state index contributed by atoms with van der Waals surface area (Å²) in [6.45, 7) is 1.74. The van der Waals surface area contributed by atoms with E-state index >= 15 is 0 Å². The van der Waals surface area contributed by atoms with Gasteiger partial charge in [-0.25, -0.2) is 4.79 Å². The van der Waals surface area contributed by atoms with Crippen molar-refractivity contribution in [1.29, 1.82) is 0 Å². The molecule has 1 aliphatic carbocycles. The fourth-order valence-corrected chi connectivity index (χ4v) is 2.92. The molecule has 1 aliphatic rings. The Bertz CT molecular complexity index is 609. The number of carbonyl (C=O) groups is 2. The molecule has 0 aliphatic heterocycles. The molecule has 1 saturated carbocycles. The van der Waals surface area contributed by atoms with E-state index in [1.165, 1.54) is 18.2 Å². The Balaban J connectivity index is 1.93. The Kier molecular flexibility index (Phi) is 5.80. The van der Waals surface area contributed by atoms with E-state index in [1.54, 1.807) is 25.1 Å². The molecule has 24 heavy (non-hydrogen) atoms. The Morgan fingerprint density at radius 2 is 1.67 bits per heavy atom. The molecule has 130 valence electrons. The summed E-state index contributed by atoms with van der Waals surface area (Å²) < 4.78 is 42.5. The van der Waals surface area contributed by atoms with Gasteiger partial charge in [0.25, 0.3) is 5.78 Å². The molecule has 0 N–H and O–H groups in total. The summed E-state index contributed by atoms with van der Waals surface area (Å²) in [6.07, 6.45) is 1.06. The Labute approximate surface area is 138 Å². The van der Waals surface area contributed by atoms with E-state index in [4.69, 9.17) is 4.74 Å². The number of esters is 1. The number of carbonyl (C=O) groups excluding carboxylic acids is 2. The molecular weight excluding hydrogens is 321 g/mol. The van der Waals surface area contributed by atoms with Crippen molar-refractivity contribution in [3.8, 4) is 0 Å². The number of benzene rings is 1. The second kappa shape index (κ2) is 7.64. The molecule has 0 atom stereocenters. The normalized spacial score (nSPS) is 21.7. The fourth-order valence-electron chi connectivity index (χ4n) is 2.92. The zero-order chi connectivity index (χ0) is 17.7. The summed E-state index contributed by atoms with van der Waals surface area (Å²) in [5.74, 6) is -1.97. The first-order valence-corrected chi connectivity index (χ1v) is 7.86. The van der Waals surface area contributed by atoms with Crippen molar-refractivity contribution in [1.82, 2.24) is 0 Å². The highest BCUT2D eigenvalue weighted by Gasteiger charge is 2.39. The topological polar surface area (TPSA) is 43.4 Å². The minimum absolute atomic E-state index is 0.115. The van der Waals surface area contributed by atoms with Gasteiger partial charge >= 0.3 is 12.1 Å². The number of ketones is 1. The van der Waals surface area contributed by atoms with Crippen molar-refractivity contribution in [2.75, 3.05) is 0 Å². The average molecular weight is 340 g/mol. The number of ether oxygens (including phenoxy) is 1. The Morgan fingerprint density at radius 3 is 2.17 bits per heavy atom. The van der Waals surface area contributed by atoms with Crippen molar-refractivity contribution in [3.63, 3.8) is 0 Å². The number of alkyl halides is 3. The van der Waals surface area contributed by atoms with Crippen molar-refractivity contribution < 1.29 is 27.5 Å². The lowest BCUT2D eigenvalue weighted by molar-refractivity contribution is -0.144. The molecule has 0 unspecified atom stereocenters. The highest BCUT2D eigenvalue weighted by molar-refractivity contribution is 6.00. The predicted octanol–water partition coefficient (Wildman–Crippen LogP) is 4.58. The minimum Gasteiger partial charge on any atom is -0.459 e. The number of halogens is 3. The van der Waals surface area contributed by atoms with Gasteiger partial charge in [-0.3, -0.25) is 4.79 Å². The predicted molar refractivity (Wildman–Crippen MR) is 82.7 cm³/mol. The van der Waals surface area contributed by atoms with Gasteiger partial charge in [0.2, 0.25) is 0 Å². The maximum atomic E-state index is 12.4. The first-order chi connectivity index (χ1) is 11.3. The molecule has 1 aromatic rings. The van der Waals surface area contributed by atoms with Gasteiger partial charge in [0.1, 0.15) is 6.10 Å². The summed E-state index contributed by atoms with van der Waals surface area (Å²) in [4.78, 5) is 22.6. The Hall–Kier alpha value is -2.11. The number of hydrogen-bond acceptors (Lipinski definition) is 3. The maximum absolute atomic E-state index is 12.4. The molecule has 3 nitrogen and oxygen atoms in total. The van der Waals surface area contributed by atoms with Gasteiger partial charge in [-0.1, -0.05) is 30.3 Å². The molecule has 0 aromatic heterocycles. The first kappa shape index (κ1) is 18.2. The minimum atomic E-state index is -4.85. The molecule has 2 rings (SSSR count). The van der Waals surface area contributed by atoms with Crippen LogP contribution in [0.15, 0.2) is 36.4 Å². The number of rotatable bonds is 4. The second-order valence-electron chi connectivity index (χ2n) is 5.86. The first-order valence-electron chi connectivity index (χ1n) is 7.86. The molecule has 6 heteroatoms. The van der Waals surface area contributed by atoms with E-state index in [-0.39, 0.29) is 23.6 Å². The average Bonchev–Trinajstić information content (AvgIpc) is 2.54. The summed E-state index contributed by atoms with van der Waals surface area (Å²) >= 11 is 0. The van der Waals surface area contributed by atoms with Crippen molar-refractivity contribution >= 4 is 11.8 Å². The molecular formula is C18H19F3O3. The molecule has 1 fully saturated rings. The van der Waals surface area contributed by atoms with Crippen molar-refractivity contribution in [2.24, 2.45) is 0 Å². The van der Waals surface area contributed by atoms with Crippen LogP contribution in [-0.2, 0) is 9.53 Å². The van der Waals surface area contributed by atoms with Gasteiger partial charge in [0, 0.05) is 11.6 Å². The smallest absolute Gasteiger partial charge is 0.454 e. The summed E-state index contributed by atoms with van der Waals surface area (Å²) in [5, 5.41) is 0. The third-order valence-corrected chi connectivity index (χ3v) is 4.16. The molecule has 0 radical (unpaired) electrons. The number of Topliss-reactive ketones (excluding diaryl/α,β-unsaturated/α-hetero) is 1. The third-order valence-electron chi connectivity index (χ3n) is 4.16. The van der Waals surface area contributed by atoms with Gasteiger partial charge in [-0.15, -0.1) is 0 Å². The van der Waals surface area contributed by atoms with Gasteiger partial charge in [0.15, 0.2) is 0 Å². The van der Waals surface area contributed by atoms with Gasteiger partial charge in [-0.2, -0.15) is 13.2 Å². The van der Waals surface area contributed by atoms with Crippen molar-refractivity contribution in [2.45, 2.75) is 50.8 Å². The van der Waals surface area contributed by atoms with Crippen LogP contribution in [0.4, 0.5) is 13.2 Å².